The molecule has 0 aromatic heterocycles. The van der Waals surface area contributed by atoms with Crippen LogP contribution >= 0.6 is 0 Å². The van der Waals surface area contributed by atoms with Crippen molar-refractivity contribution >= 4 is 0 Å². The summed E-state index contributed by atoms with van der Waals surface area (Å²) < 4.78 is 0. The van der Waals surface area contributed by atoms with Gasteiger partial charge in [-0.05, 0) is 0 Å². The SMILES string of the molecule is CC.[Ar].[CH2-]C.[CH2-]CC.[U+2]. The fourth-order valence-corrected chi connectivity index (χ4v) is 0. The Hall–Kier alpha value is 2.31. The molecule has 0 spiro atoms. The van der Waals surface area contributed by atoms with Gasteiger partial charge in [0.05, 0.1) is 0 Å². The zero-order valence-corrected chi connectivity index (χ0v) is 11.8. The average Bonchev–Trinajstić information content (AvgIpc) is 1.78. The molecule has 0 heterocycles. The number of hydrogen-bond donors (Lipinski definition) is 0. The molecule has 0 saturated heterocycles. The van der Waals surface area contributed by atoms with Crippen molar-refractivity contribution < 1.29 is 68.9 Å². The molecule has 0 fully saturated rings. The number of hydrogen-bond acceptors (Lipinski definition) is 0. The van der Waals surface area contributed by atoms with Crippen molar-refractivity contribution in [1.29, 1.82) is 0 Å². The van der Waals surface area contributed by atoms with Gasteiger partial charge in [0.15, 0.2) is 0 Å². The van der Waals surface area contributed by atoms with Gasteiger partial charge in [-0.25, -0.2) is 0 Å². The van der Waals surface area contributed by atoms with Gasteiger partial charge in [0, 0.05) is 37.7 Å². The van der Waals surface area contributed by atoms with Crippen molar-refractivity contribution in [2.24, 2.45) is 0 Å². The molecule has 0 saturated carbocycles. The van der Waals surface area contributed by atoms with E-state index in [4.69, 9.17) is 0 Å². The van der Waals surface area contributed by atoms with Crippen LogP contribution in [0.2, 0.25) is 0 Å². The van der Waals surface area contributed by atoms with Gasteiger partial charge in [-0.2, -0.15) is 13.3 Å². The molecule has 0 aromatic rings. The molecule has 58 valence electrons. The van der Waals surface area contributed by atoms with Gasteiger partial charge < -0.3 is 13.8 Å². The van der Waals surface area contributed by atoms with Crippen LogP contribution in [0.5, 0.6) is 0 Å². The van der Waals surface area contributed by atoms with Crippen molar-refractivity contribution in [2.45, 2.75) is 34.1 Å². The second-order valence-electron chi connectivity index (χ2n) is 0.500. The third-order valence-corrected chi connectivity index (χ3v) is 0. The Kier molecular flexibility index (Phi) is 273. The van der Waals surface area contributed by atoms with Gasteiger partial charge in [-0.1, -0.05) is 20.8 Å². The smallest absolute Gasteiger partial charge is 0.346 e. The fraction of sp³-hybridized carbons (Fsp3) is 0.714. The largest absolute Gasteiger partial charge is 2.00 e. The summed E-state index contributed by atoms with van der Waals surface area (Å²) in [5.41, 5.74) is 0. The summed E-state index contributed by atoms with van der Waals surface area (Å²) in [7, 11) is 0. The Morgan fingerprint density at radius 2 is 1.11 bits per heavy atom. The van der Waals surface area contributed by atoms with Gasteiger partial charge in [-0.3, -0.25) is 0 Å². The first-order valence-corrected chi connectivity index (χ1v) is 2.91. The van der Waals surface area contributed by atoms with Gasteiger partial charge in [0.1, 0.15) is 0 Å². The molecule has 0 nitrogen and oxygen atoms in total. The molecule has 0 rings (SSSR count). The number of rotatable bonds is 0. The standard InChI is InChI=1S/C3H7.C2H6.C2H5.Ar.U/c1-3-2;2*1-2;;/h1,3H2,2H3;1-2H3;1H2,2H3;;/q-1;;-1;;+2. The maximum Gasteiger partial charge on any atom is 2.00 e. The molecule has 9 heavy (non-hydrogen) atoms. The van der Waals surface area contributed by atoms with E-state index in [9.17, 15) is 0 Å². The predicted molar refractivity (Wildman–Crippen MR) is 38.0 cm³/mol. The normalized spacial score (nSPS) is 3.33. The maximum atomic E-state index is 3.49. The van der Waals surface area contributed by atoms with Gasteiger partial charge in [-0.15, -0.1) is 0 Å². The van der Waals surface area contributed by atoms with Crippen molar-refractivity contribution in [3.05, 3.63) is 13.8 Å². The Balaban J connectivity index is -0.00000000825. The Labute approximate surface area is 115 Å². The molecule has 0 aliphatic heterocycles. The minimum absolute atomic E-state index is 0. The molecule has 0 N–H and O–H groups in total. The van der Waals surface area contributed by atoms with E-state index >= 15 is 0 Å². The first-order valence-electron chi connectivity index (χ1n) is 2.91. The van der Waals surface area contributed by atoms with E-state index in [1.807, 2.05) is 20.8 Å². The summed E-state index contributed by atoms with van der Waals surface area (Å²) in [6, 6.07) is 0. The topological polar surface area (TPSA) is 0 Å². The maximum absolute atomic E-state index is 3.49. The molecule has 0 aromatic carbocycles. The quantitative estimate of drug-likeness (QED) is 0.567. The third-order valence-electron chi connectivity index (χ3n) is 0. The van der Waals surface area contributed by atoms with Crippen LogP contribution in [0.1, 0.15) is 34.1 Å². The van der Waals surface area contributed by atoms with Crippen LogP contribution < -0.4 is 0 Å². The van der Waals surface area contributed by atoms with Gasteiger partial charge >= 0.3 is 31.1 Å². The predicted octanol–water partition coefficient (Wildman–Crippen LogP) is 3.10. The van der Waals surface area contributed by atoms with Crippen LogP contribution in [0.15, 0.2) is 0 Å². The van der Waals surface area contributed by atoms with Crippen molar-refractivity contribution in [2.75, 3.05) is 0 Å². The van der Waals surface area contributed by atoms with E-state index in [0.29, 0.717) is 0 Å². The summed E-state index contributed by atoms with van der Waals surface area (Å²) in [5, 5.41) is 0. The van der Waals surface area contributed by atoms with E-state index in [-0.39, 0.29) is 68.9 Å². The van der Waals surface area contributed by atoms with Crippen molar-refractivity contribution in [1.82, 2.24) is 0 Å². The molecular weight excluding hydrogens is 362 g/mol. The molecule has 2 heteroatoms. The average molecular weight is 380 g/mol. The minimum atomic E-state index is 0. The molecule has 0 atom stereocenters. The van der Waals surface area contributed by atoms with Crippen LogP contribution in [0, 0.1) is 82.7 Å². The first kappa shape index (κ1) is 30.2. The van der Waals surface area contributed by atoms with Crippen LogP contribution in [0.25, 0.3) is 0 Å². The van der Waals surface area contributed by atoms with E-state index in [0.717, 1.165) is 6.42 Å². The van der Waals surface area contributed by atoms with Crippen molar-refractivity contribution in [3.63, 3.8) is 0 Å². The van der Waals surface area contributed by atoms with E-state index < -0.39 is 0 Å². The summed E-state index contributed by atoms with van der Waals surface area (Å²) in [4.78, 5) is 0. The molecule has 0 radical (unpaired) electrons. The fourth-order valence-electron chi connectivity index (χ4n) is 0. The van der Waals surface area contributed by atoms with Crippen LogP contribution in [-0.4, -0.2) is 0 Å². The third kappa shape index (κ3) is 133. The minimum Gasteiger partial charge on any atom is -0.346 e. The second-order valence-corrected chi connectivity index (χ2v) is 0.500. The van der Waals surface area contributed by atoms with Crippen LogP contribution in [0.3, 0.4) is 0 Å². The first-order chi connectivity index (χ1) is 3.41. The Bertz CT molecular complexity index is 8.88. The van der Waals surface area contributed by atoms with Gasteiger partial charge in [0.2, 0.25) is 0 Å². The summed E-state index contributed by atoms with van der Waals surface area (Å²) in [6.07, 6.45) is 1.00. The second kappa shape index (κ2) is 81.5. The molecule has 0 bridgehead atoms. The zero-order chi connectivity index (χ0) is 6.71. The van der Waals surface area contributed by atoms with Gasteiger partial charge in [0.25, 0.3) is 0 Å². The van der Waals surface area contributed by atoms with Crippen LogP contribution in [-0.2, 0) is 0 Å². The van der Waals surface area contributed by atoms with E-state index in [2.05, 4.69) is 13.8 Å². The molecule has 0 aliphatic carbocycles. The van der Waals surface area contributed by atoms with E-state index in [1.54, 1.807) is 6.92 Å². The zero-order valence-electron chi connectivity index (χ0n) is 6.97. The summed E-state index contributed by atoms with van der Waals surface area (Å²) in [6.45, 7) is 14.5. The van der Waals surface area contributed by atoms with Crippen LogP contribution in [0.4, 0.5) is 0 Å². The van der Waals surface area contributed by atoms with Crippen molar-refractivity contribution in [3.8, 4) is 0 Å². The summed E-state index contributed by atoms with van der Waals surface area (Å²) >= 11 is 0. The monoisotopic (exact) mass is 380 g/mol. The molecule has 0 unspecified atom stereocenters. The molecular formula is C7H18ArU. The Morgan fingerprint density at radius 1 is 1.11 bits per heavy atom. The Morgan fingerprint density at radius 3 is 1.11 bits per heavy atom. The van der Waals surface area contributed by atoms with E-state index in [1.165, 1.54) is 0 Å². The summed E-state index contributed by atoms with van der Waals surface area (Å²) in [5.74, 6) is 0. The molecule has 0 aliphatic rings. The molecule has 0 amide bonds.